The van der Waals surface area contributed by atoms with Crippen molar-refractivity contribution in [2.24, 2.45) is 39.4 Å². The molecular formula is C32H50O6. The number of rotatable bonds is 5. The summed E-state index contributed by atoms with van der Waals surface area (Å²) in [4.78, 5) is 26.6. The predicted octanol–water partition coefficient (Wildman–Crippen LogP) is 5.73. The fraction of sp³-hybridized carbons (Fsp3) is 0.875. The smallest absolute Gasteiger partial charge is 0.335 e. The van der Waals surface area contributed by atoms with Gasteiger partial charge in [-0.25, -0.2) is 4.79 Å². The van der Waals surface area contributed by atoms with Gasteiger partial charge in [0.25, 0.3) is 0 Å². The topological polar surface area (TPSA) is 93.1 Å². The summed E-state index contributed by atoms with van der Waals surface area (Å²) in [5.41, 5.74) is 0.815. The lowest BCUT2D eigenvalue weighted by Crippen LogP contribution is -2.67. The van der Waals surface area contributed by atoms with E-state index >= 15 is 0 Å². The van der Waals surface area contributed by atoms with Crippen LogP contribution in [0.25, 0.3) is 0 Å². The Labute approximate surface area is 228 Å². The van der Waals surface area contributed by atoms with Crippen molar-refractivity contribution >= 4 is 11.9 Å². The number of ether oxygens (including phenoxy) is 2. The van der Waals surface area contributed by atoms with Gasteiger partial charge >= 0.3 is 11.9 Å². The van der Waals surface area contributed by atoms with Crippen LogP contribution >= 0.6 is 0 Å². The molecule has 3 fully saturated rings. The Morgan fingerprint density at radius 1 is 1.05 bits per heavy atom. The molecule has 4 aliphatic carbocycles. The molecule has 6 heteroatoms. The van der Waals surface area contributed by atoms with Crippen molar-refractivity contribution in [3.63, 3.8) is 0 Å². The molecule has 3 saturated carbocycles. The van der Waals surface area contributed by atoms with Crippen LogP contribution in [0.1, 0.15) is 113 Å². The van der Waals surface area contributed by atoms with Gasteiger partial charge < -0.3 is 19.7 Å². The minimum atomic E-state index is -0.737. The molecular weight excluding hydrogens is 480 g/mol. The SMILES string of the molecule is CC[C@H](O)CC(=O)O[C@@H]1C[C@@H]2[C@@]3(C)CCC[C@](C)(CC)[C@H]3CC[C@@]2(C)[C@@H]2C[C@@H](O)C3=C(C(=O)O[C@@H]3C)[C@@]12C. The molecule has 214 valence electrons. The zero-order valence-corrected chi connectivity index (χ0v) is 24.6. The summed E-state index contributed by atoms with van der Waals surface area (Å²) in [6, 6.07) is 0. The van der Waals surface area contributed by atoms with Crippen LogP contribution in [0.2, 0.25) is 0 Å². The van der Waals surface area contributed by atoms with E-state index in [1.54, 1.807) is 0 Å². The van der Waals surface area contributed by atoms with Gasteiger partial charge in [0.1, 0.15) is 12.2 Å². The molecule has 1 heterocycles. The molecule has 38 heavy (non-hydrogen) atoms. The molecule has 1 aliphatic heterocycles. The van der Waals surface area contributed by atoms with Gasteiger partial charge in [-0.3, -0.25) is 4.79 Å². The zero-order chi connectivity index (χ0) is 27.8. The monoisotopic (exact) mass is 530 g/mol. The highest BCUT2D eigenvalue weighted by Crippen LogP contribution is 2.74. The van der Waals surface area contributed by atoms with Gasteiger partial charge in [-0.05, 0) is 85.9 Å². The highest BCUT2D eigenvalue weighted by atomic mass is 16.6. The number of hydrogen-bond donors (Lipinski definition) is 2. The van der Waals surface area contributed by atoms with Crippen LogP contribution in [0.4, 0.5) is 0 Å². The van der Waals surface area contributed by atoms with Crippen molar-refractivity contribution in [1.82, 2.24) is 0 Å². The van der Waals surface area contributed by atoms with E-state index in [-0.39, 0.29) is 29.1 Å². The maximum atomic E-state index is 13.4. The Kier molecular flexibility index (Phi) is 6.91. The average molecular weight is 531 g/mol. The molecule has 0 bridgehead atoms. The lowest BCUT2D eigenvalue weighted by Gasteiger charge is -2.70. The van der Waals surface area contributed by atoms with E-state index in [1.165, 1.54) is 25.7 Å². The van der Waals surface area contributed by atoms with Crippen LogP contribution in [0.3, 0.4) is 0 Å². The third-order valence-electron chi connectivity index (χ3n) is 12.8. The number of hydrogen-bond acceptors (Lipinski definition) is 6. The maximum absolute atomic E-state index is 13.4. The highest BCUT2D eigenvalue weighted by Gasteiger charge is 2.71. The molecule has 0 aromatic carbocycles. The first-order valence-electron chi connectivity index (χ1n) is 15.3. The largest absolute Gasteiger partial charge is 0.461 e. The summed E-state index contributed by atoms with van der Waals surface area (Å²) in [5.74, 6) is 0.138. The quantitative estimate of drug-likeness (QED) is 0.441. The second kappa shape index (κ2) is 9.33. The van der Waals surface area contributed by atoms with Crippen LogP contribution in [-0.4, -0.2) is 46.6 Å². The lowest BCUT2D eigenvalue weighted by atomic mass is 9.34. The summed E-state index contributed by atoms with van der Waals surface area (Å²) in [6.45, 7) is 15.5. The molecule has 0 aromatic heterocycles. The molecule has 5 rings (SSSR count). The number of fused-ring (bicyclic) bond motifs is 6. The Balaban J connectivity index is 1.63. The molecule has 0 saturated heterocycles. The third kappa shape index (κ3) is 3.78. The minimum absolute atomic E-state index is 0.0122. The summed E-state index contributed by atoms with van der Waals surface area (Å²) in [5, 5.41) is 21.6. The van der Waals surface area contributed by atoms with Crippen LogP contribution in [-0.2, 0) is 19.1 Å². The van der Waals surface area contributed by atoms with Gasteiger partial charge in [-0.2, -0.15) is 0 Å². The summed E-state index contributed by atoms with van der Waals surface area (Å²) in [7, 11) is 0. The van der Waals surface area contributed by atoms with E-state index in [2.05, 4.69) is 34.6 Å². The fourth-order valence-corrected chi connectivity index (χ4v) is 10.7. The van der Waals surface area contributed by atoms with E-state index < -0.39 is 35.8 Å². The van der Waals surface area contributed by atoms with Gasteiger partial charge in [0.2, 0.25) is 0 Å². The van der Waals surface area contributed by atoms with E-state index in [1.807, 2.05) is 13.8 Å². The normalized spacial score (nSPS) is 48.8. The highest BCUT2D eigenvalue weighted by molar-refractivity contribution is 5.94. The Hall–Kier alpha value is -1.40. The van der Waals surface area contributed by atoms with Crippen molar-refractivity contribution in [1.29, 1.82) is 0 Å². The van der Waals surface area contributed by atoms with Gasteiger partial charge in [0.15, 0.2) is 0 Å². The molecule has 11 atom stereocenters. The number of carbonyl (C=O) groups is 2. The number of cyclic esters (lactones) is 1. The molecule has 0 aromatic rings. The van der Waals surface area contributed by atoms with Crippen molar-refractivity contribution in [2.45, 2.75) is 137 Å². The van der Waals surface area contributed by atoms with Gasteiger partial charge in [0, 0.05) is 11.0 Å². The van der Waals surface area contributed by atoms with Crippen molar-refractivity contribution < 1.29 is 29.3 Å². The third-order valence-corrected chi connectivity index (χ3v) is 12.8. The molecule has 0 unspecified atom stereocenters. The van der Waals surface area contributed by atoms with Crippen LogP contribution in [0, 0.1) is 39.4 Å². The fourth-order valence-electron chi connectivity index (χ4n) is 10.7. The summed E-state index contributed by atoms with van der Waals surface area (Å²) >= 11 is 0. The predicted molar refractivity (Wildman–Crippen MR) is 145 cm³/mol. The van der Waals surface area contributed by atoms with E-state index in [0.29, 0.717) is 47.7 Å². The lowest BCUT2D eigenvalue weighted by molar-refractivity contribution is -0.232. The van der Waals surface area contributed by atoms with Gasteiger partial charge in [0.05, 0.1) is 24.2 Å². The number of aliphatic hydroxyl groups is 2. The molecule has 6 nitrogen and oxygen atoms in total. The zero-order valence-electron chi connectivity index (χ0n) is 24.6. The average Bonchev–Trinajstić information content (AvgIpc) is 3.16. The Morgan fingerprint density at radius 2 is 1.74 bits per heavy atom. The van der Waals surface area contributed by atoms with E-state index in [0.717, 1.165) is 12.8 Å². The Morgan fingerprint density at radius 3 is 2.39 bits per heavy atom. The maximum Gasteiger partial charge on any atom is 0.335 e. The number of esters is 2. The molecule has 0 amide bonds. The number of aliphatic hydroxyl groups excluding tert-OH is 2. The van der Waals surface area contributed by atoms with Crippen LogP contribution in [0.5, 0.6) is 0 Å². The van der Waals surface area contributed by atoms with Gasteiger partial charge in [-0.15, -0.1) is 0 Å². The van der Waals surface area contributed by atoms with Crippen LogP contribution < -0.4 is 0 Å². The first kappa shape index (κ1) is 28.1. The van der Waals surface area contributed by atoms with Crippen molar-refractivity contribution in [3.8, 4) is 0 Å². The Bertz CT molecular complexity index is 1020. The second-order valence-electron chi connectivity index (χ2n) is 14.5. The molecule has 5 aliphatic rings. The number of carbonyl (C=O) groups excluding carboxylic acids is 2. The summed E-state index contributed by atoms with van der Waals surface area (Å²) < 4.78 is 12.0. The van der Waals surface area contributed by atoms with Crippen molar-refractivity contribution in [3.05, 3.63) is 11.1 Å². The second-order valence-corrected chi connectivity index (χ2v) is 14.5. The van der Waals surface area contributed by atoms with E-state index in [9.17, 15) is 19.8 Å². The van der Waals surface area contributed by atoms with Crippen molar-refractivity contribution in [2.75, 3.05) is 0 Å². The standard InChI is InChI=1S/C32H50O6/c1-8-19(33)15-25(35)38-24-17-22-30(5)13-10-12-29(4,9-2)21(30)11-14-31(22,6)23-16-20(34)26-18(3)37-28(36)27(26)32(23,24)7/h18-24,33-34H,8-17H2,1-7H3/t18-,19+,20-,21-,22-,23+,24-,29+,30+,31-,32-/m1/s1. The first-order chi connectivity index (χ1) is 17.8. The first-order valence-corrected chi connectivity index (χ1v) is 15.3. The molecule has 0 spiro atoms. The summed E-state index contributed by atoms with van der Waals surface area (Å²) in [6.07, 6.45) is 6.32. The minimum Gasteiger partial charge on any atom is -0.461 e. The van der Waals surface area contributed by atoms with Crippen LogP contribution in [0.15, 0.2) is 11.1 Å². The van der Waals surface area contributed by atoms with E-state index in [4.69, 9.17) is 9.47 Å². The molecule has 2 N–H and O–H groups in total. The van der Waals surface area contributed by atoms with Gasteiger partial charge in [-0.1, -0.05) is 54.4 Å². The molecule has 0 radical (unpaired) electrons.